The maximum absolute atomic E-state index is 11.5. The van der Waals surface area contributed by atoms with Gasteiger partial charge in [-0.2, -0.15) is 0 Å². The van der Waals surface area contributed by atoms with Crippen molar-refractivity contribution in [2.24, 2.45) is 11.1 Å². The van der Waals surface area contributed by atoms with Crippen LogP contribution in [0, 0.1) is 5.92 Å². The van der Waals surface area contributed by atoms with Gasteiger partial charge < -0.3 is 19.8 Å². The fourth-order valence-corrected chi connectivity index (χ4v) is 2.16. The van der Waals surface area contributed by atoms with Gasteiger partial charge >= 0.3 is 0 Å². The van der Waals surface area contributed by atoms with Gasteiger partial charge in [0, 0.05) is 25.3 Å². The quantitative estimate of drug-likeness (QED) is 0.613. The molecule has 0 aliphatic carbocycles. The first kappa shape index (κ1) is 17.3. The second kappa shape index (κ2) is 9.15. The summed E-state index contributed by atoms with van der Waals surface area (Å²) < 4.78 is 5.35. The van der Waals surface area contributed by atoms with Crippen LogP contribution >= 0.6 is 0 Å². The summed E-state index contributed by atoms with van der Waals surface area (Å²) in [5, 5.41) is 6.60. The summed E-state index contributed by atoms with van der Waals surface area (Å²) in [5.74, 6) is 0.269. The third kappa shape index (κ3) is 6.28. The topological polar surface area (TPSA) is 63.2 Å². The maximum atomic E-state index is 11.5. The number of ether oxygens (including phenoxy) is 1. The fourth-order valence-electron chi connectivity index (χ4n) is 2.16. The normalized spacial score (nSPS) is 15.2. The van der Waals surface area contributed by atoms with Crippen molar-refractivity contribution < 1.29 is 14.4 Å². The van der Waals surface area contributed by atoms with E-state index in [-0.39, 0.29) is 12.5 Å². The Balaban J connectivity index is 1.73. The van der Waals surface area contributed by atoms with Crippen molar-refractivity contribution in [1.82, 2.24) is 5.32 Å². The predicted molar refractivity (Wildman–Crippen MR) is 90.9 cm³/mol. The predicted octanol–water partition coefficient (Wildman–Crippen LogP) is 1.65. The summed E-state index contributed by atoms with van der Waals surface area (Å²) in [4.78, 5) is 18.8. The van der Waals surface area contributed by atoms with Crippen LogP contribution in [0.5, 0.6) is 0 Å². The van der Waals surface area contributed by atoms with Crippen molar-refractivity contribution in [3.05, 3.63) is 29.8 Å². The highest BCUT2D eigenvalue weighted by atomic mass is 16.6. The molecule has 6 nitrogen and oxygen atoms in total. The number of hydrogen-bond acceptors (Lipinski definition) is 5. The Morgan fingerprint density at radius 1 is 1.35 bits per heavy atom. The van der Waals surface area contributed by atoms with Gasteiger partial charge in [-0.25, -0.2) is 0 Å². The van der Waals surface area contributed by atoms with Crippen molar-refractivity contribution in [2.75, 3.05) is 44.4 Å². The van der Waals surface area contributed by atoms with E-state index < -0.39 is 0 Å². The van der Waals surface area contributed by atoms with Crippen LogP contribution in [0.2, 0.25) is 0 Å². The van der Waals surface area contributed by atoms with Gasteiger partial charge in [-0.1, -0.05) is 31.1 Å². The number of anilines is 1. The number of benzene rings is 1. The van der Waals surface area contributed by atoms with Crippen molar-refractivity contribution in [3.63, 3.8) is 0 Å². The molecule has 0 bridgehead atoms. The average Bonchev–Trinajstić information content (AvgIpc) is 2.58. The Morgan fingerprint density at radius 2 is 2.04 bits per heavy atom. The van der Waals surface area contributed by atoms with E-state index in [4.69, 9.17) is 9.57 Å². The summed E-state index contributed by atoms with van der Waals surface area (Å²) in [7, 11) is 0. The van der Waals surface area contributed by atoms with Crippen LogP contribution in [0.3, 0.4) is 0 Å². The second-order valence-electron chi connectivity index (χ2n) is 5.90. The molecule has 1 fully saturated rings. The molecule has 1 saturated heterocycles. The fraction of sp³-hybridized carbons (Fsp3) is 0.529. The molecule has 1 amide bonds. The lowest BCUT2D eigenvalue weighted by Crippen LogP contribution is -2.36. The van der Waals surface area contributed by atoms with E-state index in [1.807, 2.05) is 26.0 Å². The molecule has 0 aromatic heterocycles. The van der Waals surface area contributed by atoms with E-state index in [1.165, 1.54) is 5.69 Å². The number of nitrogens with one attached hydrogen (secondary N) is 1. The molecule has 6 heteroatoms. The molecule has 1 aromatic carbocycles. The number of nitrogens with zero attached hydrogens (tertiary/aromatic N) is 2. The summed E-state index contributed by atoms with van der Waals surface area (Å²) in [5.41, 5.74) is 2.11. The number of carbonyl (C=O) groups is 1. The Hall–Kier alpha value is -2.08. The van der Waals surface area contributed by atoms with Gasteiger partial charge in [0.2, 0.25) is 0 Å². The molecule has 1 N–H and O–H groups in total. The van der Waals surface area contributed by atoms with Gasteiger partial charge in [0.1, 0.15) is 0 Å². The molecule has 1 aromatic rings. The Kier molecular flexibility index (Phi) is 6.87. The van der Waals surface area contributed by atoms with E-state index in [2.05, 4.69) is 27.5 Å². The van der Waals surface area contributed by atoms with Crippen LogP contribution < -0.4 is 10.2 Å². The van der Waals surface area contributed by atoms with E-state index in [0.29, 0.717) is 12.5 Å². The molecule has 1 aliphatic rings. The third-order valence-corrected chi connectivity index (χ3v) is 3.45. The minimum atomic E-state index is -0.154. The number of rotatable bonds is 7. The Morgan fingerprint density at radius 3 is 2.70 bits per heavy atom. The largest absolute Gasteiger partial charge is 0.386 e. The molecule has 23 heavy (non-hydrogen) atoms. The van der Waals surface area contributed by atoms with Crippen LogP contribution in [0.1, 0.15) is 19.4 Å². The Bertz CT molecular complexity index is 508. The standard InChI is InChI=1S/C17H25N3O3/c1-14(2)11-18-17(21)13-23-19-12-15-3-5-16(6-4-15)20-7-9-22-10-8-20/h3-6,12,14H,7-11,13H2,1-2H3,(H,18,21). The van der Waals surface area contributed by atoms with Crippen LogP contribution in [-0.4, -0.2) is 51.6 Å². The number of hydrogen-bond donors (Lipinski definition) is 1. The molecule has 0 radical (unpaired) electrons. The van der Waals surface area contributed by atoms with Gasteiger partial charge in [0.05, 0.1) is 19.4 Å². The zero-order chi connectivity index (χ0) is 16.5. The van der Waals surface area contributed by atoms with Crippen molar-refractivity contribution in [3.8, 4) is 0 Å². The van der Waals surface area contributed by atoms with Crippen LogP contribution in [0.25, 0.3) is 0 Å². The average molecular weight is 319 g/mol. The van der Waals surface area contributed by atoms with Crippen molar-refractivity contribution in [2.45, 2.75) is 13.8 Å². The first-order valence-electron chi connectivity index (χ1n) is 8.00. The lowest BCUT2D eigenvalue weighted by atomic mass is 10.2. The van der Waals surface area contributed by atoms with E-state index in [0.717, 1.165) is 31.9 Å². The van der Waals surface area contributed by atoms with Gasteiger partial charge in [-0.15, -0.1) is 0 Å². The van der Waals surface area contributed by atoms with Crippen LogP contribution in [0.15, 0.2) is 29.4 Å². The first-order valence-corrected chi connectivity index (χ1v) is 8.00. The summed E-state index contributed by atoms with van der Waals surface area (Å²) >= 11 is 0. The first-order chi connectivity index (χ1) is 11.1. The number of morpholine rings is 1. The lowest BCUT2D eigenvalue weighted by Gasteiger charge is -2.28. The van der Waals surface area contributed by atoms with E-state index in [1.54, 1.807) is 6.21 Å². The van der Waals surface area contributed by atoms with Gasteiger partial charge in [0.25, 0.3) is 5.91 Å². The molecule has 1 heterocycles. The smallest absolute Gasteiger partial charge is 0.260 e. The molecule has 1 aliphatic heterocycles. The zero-order valence-electron chi connectivity index (χ0n) is 13.8. The minimum absolute atomic E-state index is 0.0604. The lowest BCUT2D eigenvalue weighted by molar-refractivity contribution is -0.125. The molecule has 0 atom stereocenters. The van der Waals surface area contributed by atoms with E-state index >= 15 is 0 Å². The molecule has 0 saturated carbocycles. The monoisotopic (exact) mass is 319 g/mol. The number of carbonyl (C=O) groups excluding carboxylic acids is 1. The summed E-state index contributed by atoms with van der Waals surface area (Å²) in [6.45, 7) is 8.06. The summed E-state index contributed by atoms with van der Waals surface area (Å²) in [6.07, 6.45) is 1.61. The van der Waals surface area contributed by atoms with Crippen molar-refractivity contribution >= 4 is 17.8 Å². The molecule has 126 valence electrons. The van der Waals surface area contributed by atoms with Gasteiger partial charge in [-0.05, 0) is 23.6 Å². The molecule has 0 spiro atoms. The highest BCUT2D eigenvalue weighted by molar-refractivity contribution is 5.80. The van der Waals surface area contributed by atoms with Crippen molar-refractivity contribution in [1.29, 1.82) is 0 Å². The zero-order valence-corrected chi connectivity index (χ0v) is 13.8. The Labute approximate surface area is 137 Å². The van der Waals surface area contributed by atoms with Crippen LogP contribution in [-0.2, 0) is 14.4 Å². The number of oxime groups is 1. The molecular weight excluding hydrogens is 294 g/mol. The van der Waals surface area contributed by atoms with Gasteiger partial charge in [0.15, 0.2) is 6.61 Å². The molecule has 0 unspecified atom stereocenters. The molecular formula is C17H25N3O3. The van der Waals surface area contributed by atoms with Gasteiger partial charge in [-0.3, -0.25) is 4.79 Å². The maximum Gasteiger partial charge on any atom is 0.260 e. The SMILES string of the molecule is CC(C)CNC(=O)CON=Cc1ccc(N2CCOCC2)cc1. The third-order valence-electron chi connectivity index (χ3n) is 3.45. The number of amides is 1. The highest BCUT2D eigenvalue weighted by Gasteiger charge is 2.10. The second-order valence-corrected chi connectivity index (χ2v) is 5.90. The minimum Gasteiger partial charge on any atom is -0.386 e. The van der Waals surface area contributed by atoms with E-state index in [9.17, 15) is 4.79 Å². The summed E-state index contributed by atoms with van der Waals surface area (Å²) in [6, 6.07) is 8.08. The molecule has 2 rings (SSSR count). The highest BCUT2D eigenvalue weighted by Crippen LogP contribution is 2.15. The van der Waals surface area contributed by atoms with Crippen LogP contribution in [0.4, 0.5) is 5.69 Å².